The second kappa shape index (κ2) is 9.30. The van der Waals surface area contributed by atoms with E-state index >= 15 is 0 Å². The number of rotatable bonds is 8. The van der Waals surface area contributed by atoms with Gasteiger partial charge in [0.2, 0.25) is 0 Å². The van der Waals surface area contributed by atoms with Crippen LogP contribution in [0.15, 0.2) is 81.9 Å². The molecule has 0 fully saturated rings. The Morgan fingerprint density at radius 1 is 1.06 bits per heavy atom. The lowest BCUT2D eigenvalue weighted by Gasteiger charge is -2.21. The molecular weight excluding hydrogens is 399 g/mol. The van der Waals surface area contributed by atoms with E-state index in [9.17, 15) is 9.18 Å². The van der Waals surface area contributed by atoms with Crippen LogP contribution in [0.2, 0.25) is 0 Å². The van der Waals surface area contributed by atoms with Gasteiger partial charge in [-0.15, -0.1) is 0 Å². The molecule has 2 heterocycles. The highest BCUT2D eigenvalue weighted by atomic mass is 19.1. The van der Waals surface area contributed by atoms with E-state index in [2.05, 4.69) is 5.16 Å². The van der Waals surface area contributed by atoms with Gasteiger partial charge in [0, 0.05) is 23.7 Å². The molecular formula is C24H21FN2O4. The fourth-order valence-corrected chi connectivity index (χ4v) is 3.18. The summed E-state index contributed by atoms with van der Waals surface area (Å²) in [6.45, 7) is 2.73. The van der Waals surface area contributed by atoms with Crippen molar-refractivity contribution >= 4 is 5.91 Å². The Morgan fingerprint density at radius 3 is 2.58 bits per heavy atom. The molecule has 158 valence electrons. The SMILES string of the molecule is CCOc1ccc(-c2cc(C(=O)N(Cc3ccco3)Cc3ccccc3F)no2)cc1. The molecule has 31 heavy (non-hydrogen) atoms. The van der Waals surface area contributed by atoms with Crippen LogP contribution in [0.4, 0.5) is 4.39 Å². The summed E-state index contributed by atoms with van der Waals surface area (Å²) < 4.78 is 30.4. The van der Waals surface area contributed by atoms with E-state index in [0.29, 0.717) is 23.7 Å². The zero-order chi connectivity index (χ0) is 21.6. The summed E-state index contributed by atoms with van der Waals surface area (Å²) in [6, 6.07) is 18.7. The number of benzene rings is 2. The minimum Gasteiger partial charge on any atom is -0.494 e. The molecule has 4 rings (SSSR count). The second-order valence-electron chi connectivity index (χ2n) is 6.87. The Hall–Kier alpha value is -3.87. The highest BCUT2D eigenvalue weighted by molar-refractivity contribution is 5.93. The predicted octanol–water partition coefficient (Wildman–Crippen LogP) is 5.32. The Morgan fingerprint density at radius 2 is 1.87 bits per heavy atom. The van der Waals surface area contributed by atoms with Gasteiger partial charge in [-0.2, -0.15) is 0 Å². The number of carbonyl (C=O) groups excluding carboxylic acids is 1. The van der Waals surface area contributed by atoms with Gasteiger partial charge >= 0.3 is 0 Å². The normalized spacial score (nSPS) is 10.8. The standard InChI is InChI=1S/C24H21FN2O4/c1-2-29-19-11-9-17(10-12-19)23-14-22(26-31-23)24(28)27(16-20-7-5-13-30-20)15-18-6-3-4-8-21(18)25/h3-14H,2,15-16H2,1H3. The molecule has 0 spiro atoms. The van der Waals surface area contributed by atoms with E-state index in [4.69, 9.17) is 13.7 Å². The first kappa shape index (κ1) is 20.4. The van der Waals surface area contributed by atoms with Crippen LogP contribution >= 0.6 is 0 Å². The van der Waals surface area contributed by atoms with Crippen LogP contribution in [0.1, 0.15) is 28.7 Å². The van der Waals surface area contributed by atoms with Crippen molar-refractivity contribution in [3.63, 3.8) is 0 Å². The number of halogens is 1. The fraction of sp³-hybridized carbons (Fsp3) is 0.167. The molecule has 1 amide bonds. The first-order chi connectivity index (χ1) is 15.1. The van der Waals surface area contributed by atoms with E-state index in [-0.39, 0.29) is 30.5 Å². The molecule has 0 atom stereocenters. The summed E-state index contributed by atoms with van der Waals surface area (Å²) >= 11 is 0. The molecule has 0 unspecified atom stereocenters. The maximum atomic E-state index is 14.2. The van der Waals surface area contributed by atoms with Crippen LogP contribution in [0.5, 0.6) is 5.75 Å². The molecule has 2 aromatic carbocycles. The molecule has 4 aromatic rings. The average Bonchev–Trinajstić information content (AvgIpc) is 3.47. The van der Waals surface area contributed by atoms with Crippen LogP contribution in [0, 0.1) is 5.82 Å². The molecule has 0 saturated heterocycles. The van der Waals surface area contributed by atoms with Crippen molar-refractivity contribution in [3.05, 3.63) is 95.8 Å². The third-order valence-electron chi connectivity index (χ3n) is 4.71. The minimum atomic E-state index is -0.388. The van der Waals surface area contributed by atoms with E-state index < -0.39 is 0 Å². The third kappa shape index (κ3) is 4.83. The summed E-state index contributed by atoms with van der Waals surface area (Å²) in [5, 5.41) is 3.94. The number of carbonyl (C=O) groups is 1. The van der Waals surface area contributed by atoms with Crippen LogP contribution in [-0.4, -0.2) is 22.6 Å². The molecule has 0 radical (unpaired) electrons. The van der Waals surface area contributed by atoms with E-state index in [1.54, 1.807) is 36.4 Å². The highest BCUT2D eigenvalue weighted by Crippen LogP contribution is 2.24. The summed E-state index contributed by atoms with van der Waals surface area (Å²) in [7, 11) is 0. The highest BCUT2D eigenvalue weighted by Gasteiger charge is 2.23. The maximum absolute atomic E-state index is 14.2. The monoisotopic (exact) mass is 420 g/mol. The van der Waals surface area contributed by atoms with Crippen molar-refractivity contribution < 1.29 is 22.9 Å². The topological polar surface area (TPSA) is 68.7 Å². The molecule has 0 aliphatic rings. The predicted molar refractivity (Wildman–Crippen MR) is 112 cm³/mol. The largest absolute Gasteiger partial charge is 0.494 e. The van der Waals surface area contributed by atoms with E-state index in [1.165, 1.54) is 17.2 Å². The van der Waals surface area contributed by atoms with Gasteiger partial charge < -0.3 is 18.6 Å². The molecule has 2 aromatic heterocycles. The Labute approximate surface area is 178 Å². The Bertz CT molecular complexity index is 1140. The van der Waals surface area contributed by atoms with Gasteiger partial charge in [0.15, 0.2) is 11.5 Å². The van der Waals surface area contributed by atoms with Crippen LogP contribution in [0.25, 0.3) is 11.3 Å². The average molecular weight is 420 g/mol. The fourth-order valence-electron chi connectivity index (χ4n) is 3.18. The van der Waals surface area contributed by atoms with E-state index in [1.807, 2.05) is 31.2 Å². The lowest BCUT2D eigenvalue weighted by Crippen LogP contribution is -2.30. The molecule has 7 heteroatoms. The number of furan rings is 1. The van der Waals surface area contributed by atoms with Crippen molar-refractivity contribution in [3.8, 4) is 17.1 Å². The smallest absolute Gasteiger partial charge is 0.276 e. The van der Waals surface area contributed by atoms with Crippen LogP contribution in [-0.2, 0) is 13.1 Å². The quantitative estimate of drug-likeness (QED) is 0.386. The van der Waals surface area contributed by atoms with Crippen molar-refractivity contribution in [2.75, 3.05) is 6.61 Å². The number of hydrogen-bond donors (Lipinski definition) is 0. The van der Waals surface area contributed by atoms with Crippen molar-refractivity contribution in [1.29, 1.82) is 0 Å². The zero-order valence-electron chi connectivity index (χ0n) is 17.0. The van der Waals surface area contributed by atoms with Gasteiger partial charge in [-0.25, -0.2) is 4.39 Å². The van der Waals surface area contributed by atoms with Gasteiger partial charge in [-0.1, -0.05) is 23.4 Å². The zero-order valence-corrected chi connectivity index (χ0v) is 17.0. The Kier molecular flexibility index (Phi) is 6.12. The minimum absolute atomic E-state index is 0.0669. The molecule has 0 saturated carbocycles. The number of nitrogens with zero attached hydrogens (tertiary/aromatic N) is 2. The third-order valence-corrected chi connectivity index (χ3v) is 4.71. The molecule has 6 nitrogen and oxygen atoms in total. The van der Waals surface area contributed by atoms with Crippen molar-refractivity contribution in [2.45, 2.75) is 20.0 Å². The lowest BCUT2D eigenvalue weighted by atomic mass is 10.1. The first-order valence-corrected chi connectivity index (χ1v) is 9.89. The second-order valence-corrected chi connectivity index (χ2v) is 6.87. The number of hydrogen-bond acceptors (Lipinski definition) is 5. The van der Waals surface area contributed by atoms with Gasteiger partial charge in [0.05, 0.1) is 19.4 Å². The molecule has 0 aliphatic carbocycles. The molecule has 0 aliphatic heterocycles. The lowest BCUT2D eigenvalue weighted by molar-refractivity contribution is 0.0705. The van der Waals surface area contributed by atoms with Crippen molar-refractivity contribution in [2.24, 2.45) is 0 Å². The van der Waals surface area contributed by atoms with E-state index in [0.717, 1.165) is 11.3 Å². The van der Waals surface area contributed by atoms with Gasteiger partial charge in [0.1, 0.15) is 17.3 Å². The number of ether oxygens (including phenoxy) is 1. The Balaban J connectivity index is 1.57. The summed E-state index contributed by atoms with van der Waals surface area (Å²) in [5.41, 5.74) is 1.30. The van der Waals surface area contributed by atoms with Gasteiger partial charge in [-0.3, -0.25) is 4.79 Å². The molecule has 0 N–H and O–H groups in total. The molecule has 0 bridgehead atoms. The van der Waals surface area contributed by atoms with Crippen LogP contribution in [0.3, 0.4) is 0 Å². The summed E-state index contributed by atoms with van der Waals surface area (Å²) in [5.74, 6) is 1.02. The summed E-state index contributed by atoms with van der Waals surface area (Å²) in [4.78, 5) is 14.7. The number of amides is 1. The number of aromatic nitrogens is 1. The van der Waals surface area contributed by atoms with Gasteiger partial charge in [0.25, 0.3) is 5.91 Å². The van der Waals surface area contributed by atoms with Crippen molar-refractivity contribution in [1.82, 2.24) is 10.1 Å². The van der Waals surface area contributed by atoms with Gasteiger partial charge in [-0.05, 0) is 49.4 Å². The van der Waals surface area contributed by atoms with Crippen LogP contribution < -0.4 is 4.74 Å². The maximum Gasteiger partial charge on any atom is 0.276 e. The first-order valence-electron chi connectivity index (χ1n) is 9.89. The summed E-state index contributed by atoms with van der Waals surface area (Å²) in [6.07, 6.45) is 1.53.